The lowest BCUT2D eigenvalue weighted by atomic mass is 9.93. The number of pyridine rings is 1. The first-order valence-corrected chi connectivity index (χ1v) is 11.0. The number of sulfonamides is 1. The SMILES string of the molecule is CCS(=O)(=O)N[C@H]1CCc2c(-c3cc4c(cc3F)N(C)C(=O)CC4)cncc21. The van der Waals surface area contributed by atoms with Crippen molar-refractivity contribution in [2.75, 3.05) is 17.7 Å². The minimum absolute atomic E-state index is 0.0115. The van der Waals surface area contributed by atoms with Crippen LogP contribution in [0.5, 0.6) is 0 Å². The second-order valence-electron chi connectivity index (χ2n) is 7.28. The molecular formula is C20H22FN3O3S. The van der Waals surface area contributed by atoms with Crippen molar-refractivity contribution in [2.24, 2.45) is 0 Å². The van der Waals surface area contributed by atoms with Crippen LogP contribution in [0.25, 0.3) is 11.1 Å². The zero-order chi connectivity index (χ0) is 20.1. The summed E-state index contributed by atoms with van der Waals surface area (Å²) < 4.78 is 41.6. The Labute approximate surface area is 163 Å². The number of hydrogen-bond donors (Lipinski definition) is 1. The summed E-state index contributed by atoms with van der Waals surface area (Å²) in [5.41, 5.74) is 4.40. The number of halogens is 1. The maximum atomic E-state index is 15.0. The highest BCUT2D eigenvalue weighted by Gasteiger charge is 2.30. The molecule has 2 aromatic rings. The Bertz CT molecular complexity index is 1070. The number of benzene rings is 1. The van der Waals surface area contributed by atoms with Gasteiger partial charge < -0.3 is 4.90 Å². The van der Waals surface area contributed by atoms with Crippen molar-refractivity contribution in [3.8, 4) is 11.1 Å². The van der Waals surface area contributed by atoms with E-state index in [-0.39, 0.29) is 17.7 Å². The molecule has 28 heavy (non-hydrogen) atoms. The Morgan fingerprint density at radius 3 is 2.75 bits per heavy atom. The molecule has 1 atom stereocenters. The number of fused-ring (bicyclic) bond motifs is 2. The largest absolute Gasteiger partial charge is 0.315 e. The van der Waals surface area contributed by atoms with Crippen molar-refractivity contribution in [1.29, 1.82) is 0 Å². The molecule has 6 nitrogen and oxygen atoms in total. The Hall–Kier alpha value is -2.32. The van der Waals surface area contributed by atoms with Gasteiger partial charge in [-0.3, -0.25) is 9.78 Å². The summed E-state index contributed by atoms with van der Waals surface area (Å²) in [7, 11) is -1.69. The number of aryl methyl sites for hydroxylation is 1. The van der Waals surface area contributed by atoms with Crippen molar-refractivity contribution < 1.29 is 17.6 Å². The van der Waals surface area contributed by atoms with Gasteiger partial charge in [0.05, 0.1) is 5.75 Å². The van der Waals surface area contributed by atoms with Crippen LogP contribution in [0.3, 0.4) is 0 Å². The fourth-order valence-corrected chi connectivity index (χ4v) is 4.90. The number of nitrogens with zero attached hydrogens (tertiary/aromatic N) is 2. The number of hydrogen-bond acceptors (Lipinski definition) is 4. The summed E-state index contributed by atoms with van der Waals surface area (Å²) in [5.74, 6) is -0.418. The highest BCUT2D eigenvalue weighted by atomic mass is 32.2. The molecule has 4 rings (SSSR count). The first-order valence-electron chi connectivity index (χ1n) is 9.37. The van der Waals surface area contributed by atoms with E-state index in [1.165, 1.54) is 11.0 Å². The predicted molar refractivity (Wildman–Crippen MR) is 105 cm³/mol. The standard InChI is InChI=1S/C20H22FN3O3S/c1-3-28(26,27)23-18-6-5-13-15(10-22-11-16(13)18)14-8-12-4-7-20(25)24(2)19(12)9-17(14)21/h8-11,18,23H,3-7H2,1-2H3/t18-/m0/s1. The lowest BCUT2D eigenvalue weighted by Gasteiger charge is -2.26. The summed E-state index contributed by atoms with van der Waals surface area (Å²) in [6, 6.07) is 2.87. The van der Waals surface area contributed by atoms with Gasteiger partial charge in [0, 0.05) is 48.7 Å². The van der Waals surface area contributed by atoms with E-state index in [4.69, 9.17) is 0 Å². The van der Waals surface area contributed by atoms with Crippen molar-refractivity contribution >= 4 is 21.6 Å². The Morgan fingerprint density at radius 2 is 2.00 bits per heavy atom. The monoisotopic (exact) mass is 403 g/mol. The number of anilines is 1. The molecule has 0 spiro atoms. The first-order chi connectivity index (χ1) is 13.3. The third-order valence-corrected chi connectivity index (χ3v) is 7.06. The van der Waals surface area contributed by atoms with Gasteiger partial charge in [-0.2, -0.15) is 0 Å². The molecule has 148 valence electrons. The van der Waals surface area contributed by atoms with Crippen LogP contribution in [0.15, 0.2) is 24.5 Å². The summed E-state index contributed by atoms with van der Waals surface area (Å²) in [6.45, 7) is 1.59. The normalized spacial score (nSPS) is 18.9. The average Bonchev–Trinajstić information content (AvgIpc) is 3.07. The van der Waals surface area contributed by atoms with Gasteiger partial charge in [-0.1, -0.05) is 0 Å². The molecule has 1 aromatic heterocycles. The predicted octanol–water partition coefficient (Wildman–Crippen LogP) is 2.72. The van der Waals surface area contributed by atoms with Crippen molar-refractivity contribution in [1.82, 2.24) is 9.71 Å². The molecule has 0 saturated carbocycles. The fourth-order valence-electron chi connectivity index (χ4n) is 4.05. The second kappa shape index (κ2) is 6.93. The van der Waals surface area contributed by atoms with Crippen molar-refractivity contribution in [3.63, 3.8) is 0 Å². The fraction of sp³-hybridized carbons (Fsp3) is 0.400. The highest BCUT2D eigenvalue weighted by molar-refractivity contribution is 7.89. The van der Waals surface area contributed by atoms with Crippen molar-refractivity contribution in [3.05, 3.63) is 47.0 Å². The smallest absolute Gasteiger partial charge is 0.227 e. The van der Waals surface area contributed by atoms with Gasteiger partial charge in [-0.05, 0) is 55.0 Å². The molecule has 0 bridgehead atoms. The highest BCUT2D eigenvalue weighted by Crippen LogP contribution is 2.40. The van der Waals surface area contributed by atoms with E-state index in [9.17, 15) is 17.6 Å². The van der Waals surface area contributed by atoms with Crippen LogP contribution in [0.1, 0.15) is 42.5 Å². The number of nitrogens with one attached hydrogen (secondary N) is 1. The van der Waals surface area contributed by atoms with Gasteiger partial charge in [0.2, 0.25) is 15.9 Å². The lowest BCUT2D eigenvalue weighted by Crippen LogP contribution is -2.31. The molecule has 1 N–H and O–H groups in total. The Morgan fingerprint density at radius 1 is 1.21 bits per heavy atom. The van der Waals surface area contributed by atoms with Gasteiger partial charge in [0.1, 0.15) is 5.82 Å². The number of aromatic nitrogens is 1. The molecule has 0 unspecified atom stereocenters. The zero-order valence-corrected chi connectivity index (χ0v) is 16.6. The molecule has 0 radical (unpaired) electrons. The molecule has 1 amide bonds. The summed E-state index contributed by atoms with van der Waals surface area (Å²) in [6.07, 6.45) is 5.55. The molecule has 8 heteroatoms. The summed E-state index contributed by atoms with van der Waals surface area (Å²) in [5, 5.41) is 0. The zero-order valence-electron chi connectivity index (χ0n) is 15.8. The minimum atomic E-state index is -3.34. The quantitative estimate of drug-likeness (QED) is 0.851. The van der Waals surface area contributed by atoms with Crippen molar-refractivity contribution in [2.45, 2.75) is 38.6 Å². The summed E-state index contributed by atoms with van der Waals surface area (Å²) in [4.78, 5) is 17.6. The van der Waals surface area contributed by atoms with E-state index in [0.29, 0.717) is 42.5 Å². The Kier molecular flexibility index (Phi) is 4.71. The lowest BCUT2D eigenvalue weighted by molar-refractivity contribution is -0.118. The van der Waals surface area contributed by atoms with Crippen LogP contribution < -0.4 is 9.62 Å². The van der Waals surface area contributed by atoms with Gasteiger partial charge in [0.25, 0.3) is 0 Å². The number of carbonyl (C=O) groups is 1. The molecule has 0 fully saturated rings. The molecule has 0 saturated heterocycles. The van der Waals surface area contributed by atoms with Crippen LogP contribution >= 0.6 is 0 Å². The molecule has 2 aliphatic rings. The molecule has 1 aliphatic carbocycles. The first kappa shape index (κ1) is 19.0. The second-order valence-corrected chi connectivity index (χ2v) is 9.32. The topological polar surface area (TPSA) is 79.4 Å². The van der Waals surface area contributed by atoms with E-state index in [0.717, 1.165) is 16.7 Å². The maximum Gasteiger partial charge on any atom is 0.227 e. The van der Waals surface area contributed by atoms with E-state index in [1.807, 2.05) is 0 Å². The molecular weight excluding hydrogens is 381 g/mol. The number of carbonyl (C=O) groups excluding carboxylic acids is 1. The molecule has 2 heterocycles. The van der Waals surface area contributed by atoms with E-state index in [2.05, 4.69) is 9.71 Å². The number of amides is 1. The van der Waals surface area contributed by atoms with Crippen LogP contribution in [-0.4, -0.2) is 32.1 Å². The van der Waals surface area contributed by atoms with Crippen LogP contribution in [-0.2, 0) is 27.7 Å². The van der Waals surface area contributed by atoms with Crippen LogP contribution in [0, 0.1) is 5.82 Å². The molecule has 1 aromatic carbocycles. The summed E-state index contributed by atoms with van der Waals surface area (Å²) >= 11 is 0. The Balaban J connectivity index is 1.76. The third kappa shape index (κ3) is 3.20. The molecule has 1 aliphatic heterocycles. The van der Waals surface area contributed by atoms with E-state index < -0.39 is 15.8 Å². The van der Waals surface area contributed by atoms with Gasteiger partial charge in [0.15, 0.2) is 0 Å². The van der Waals surface area contributed by atoms with Gasteiger partial charge in [-0.15, -0.1) is 0 Å². The average molecular weight is 403 g/mol. The van der Waals surface area contributed by atoms with Crippen LogP contribution in [0.2, 0.25) is 0 Å². The van der Waals surface area contributed by atoms with Gasteiger partial charge >= 0.3 is 0 Å². The van der Waals surface area contributed by atoms with E-state index in [1.54, 1.807) is 32.4 Å². The van der Waals surface area contributed by atoms with Crippen LogP contribution in [0.4, 0.5) is 10.1 Å². The van der Waals surface area contributed by atoms with Gasteiger partial charge in [-0.25, -0.2) is 17.5 Å². The maximum absolute atomic E-state index is 15.0. The third-order valence-electron chi connectivity index (χ3n) is 5.65. The number of rotatable bonds is 4. The minimum Gasteiger partial charge on any atom is -0.315 e. The van der Waals surface area contributed by atoms with E-state index >= 15 is 0 Å².